The number of amides is 1. The molecule has 5 heteroatoms. The fourth-order valence-corrected chi connectivity index (χ4v) is 5.45. The molecule has 0 heterocycles. The fourth-order valence-electron chi connectivity index (χ4n) is 3.63. The van der Waals surface area contributed by atoms with Crippen molar-refractivity contribution in [2.75, 3.05) is 0 Å². The number of fused-ring (bicyclic) bond motifs is 1. The highest BCUT2D eigenvalue weighted by Gasteiger charge is 2.35. The van der Waals surface area contributed by atoms with Crippen LogP contribution >= 0.6 is 0 Å². The summed E-state index contributed by atoms with van der Waals surface area (Å²) in [6, 6.07) is 10.3. The van der Waals surface area contributed by atoms with Gasteiger partial charge in [0.15, 0.2) is 0 Å². The Labute approximate surface area is 156 Å². The van der Waals surface area contributed by atoms with Crippen molar-refractivity contribution in [1.82, 2.24) is 5.32 Å². The number of carboxylic acids is 1. The lowest BCUT2D eigenvalue weighted by atomic mass is 9.88. The number of benzene rings is 2. The zero-order valence-electron chi connectivity index (χ0n) is 15.9. The van der Waals surface area contributed by atoms with E-state index in [0.717, 1.165) is 17.4 Å². The lowest BCUT2D eigenvalue weighted by molar-refractivity contribution is -0.146. The molecule has 0 aliphatic rings. The normalized spacial score (nSPS) is 13.4. The molecular formula is C21H27NO3Si. The number of rotatable bonds is 7. The molecule has 0 radical (unpaired) electrons. The number of nitrogens with one attached hydrogen (secondary N) is 1. The monoisotopic (exact) mass is 369 g/mol. The van der Waals surface area contributed by atoms with Gasteiger partial charge in [-0.05, 0) is 35.2 Å². The molecule has 138 valence electrons. The molecule has 2 aromatic rings. The average Bonchev–Trinajstić information content (AvgIpc) is 2.54. The van der Waals surface area contributed by atoms with Gasteiger partial charge in [-0.25, -0.2) is 4.79 Å². The molecule has 0 fully saturated rings. The molecule has 2 aromatic carbocycles. The molecule has 1 atom stereocenters. The lowest BCUT2D eigenvalue weighted by Gasteiger charge is -2.27. The molecule has 0 aliphatic carbocycles. The van der Waals surface area contributed by atoms with Gasteiger partial charge in [-0.1, -0.05) is 54.7 Å². The third kappa shape index (κ3) is 4.04. The van der Waals surface area contributed by atoms with Crippen LogP contribution in [0.15, 0.2) is 43.0 Å². The van der Waals surface area contributed by atoms with E-state index in [4.69, 9.17) is 0 Å². The van der Waals surface area contributed by atoms with E-state index in [-0.39, 0.29) is 12.3 Å². The van der Waals surface area contributed by atoms with Crippen LogP contribution in [0, 0.1) is 0 Å². The second kappa shape index (κ2) is 7.87. The van der Waals surface area contributed by atoms with Gasteiger partial charge in [-0.3, -0.25) is 4.79 Å². The Kier molecular flexibility index (Phi) is 6.03. The molecular weight excluding hydrogens is 342 g/mol. The van der Waals surface area contributed by atoms with Crippen LogP contribution in [0.5, 0.6) is 0 Å². The maximum atomic E-state index is 11.9. The Balaban J connectivity index is 2.70. The largest absolute Gasteiger partial charge is 0.480 e. The fraction of sp³-hybridized carbons (Fsp3) is 0.333. The van der Waals surface area contributed by atoms with Crippen LogP contribution in [-0.2, 0) is 22.4 Å². The number of aliphatic carboxylic acids is 1. The second-order valence-electron chi connectivity index (χ2n) is 7.30. The minimum Gasteiger partial charge on any atom is -0.480 e. The Morgan fingerprint density at radius 3 is 2.35 bits per heavy atom. The Hall–Kier alpha value is -2.40. The van der Waals surface area contributed by atoms with E-state index in [0.29, 0.717) is 0 Å². The van der Waals surface area contributed by atoms with Crippen molar-refractivity contribution in [3.8, 4) is 0 Å². The maximum Gasteiger partial charge on any atom is 0.329 e. The Morgan fingerprint density at radius 2 is 1.85 bits per heavy atom. The highest BCUT2D eigenvalue weighted by atomic mass is 28.3. The summed E-state index contributed by atoms with van der Waals surface area (Å²) in [5.74, 6) is -1.39. The molecule has 2 N–H and O–H groups in total. The summed E-state index contributed by atoms with van der Waals surface area (Å²) in [5, 5.41) is 16.0. The van der Waals surface area contributed by atoms with Crippen LogP contribution in [0.25, 0.3) is 10.8 Å². The number of allylic oxidation sites excluding steroid dienone is 1. The zero-order chi connectivity index (χ0) is 19.5. The van der Waals surface area contributed by atoms with E-state index in [2.05, 4.69) is 37.1 Å². The van der Waals surface area contributed by atoms with E-state index in [1.54, 1.807) is 6.92 Å². The van der Waals surface area contributed by atoms with Crippen molar-refractivity contribution < 1.29 is 14.7 Å². The van der Waals surface area contributed by atoms with Crippen LogP contribution < -0.4 is 10.5 Å². The predicted octanol–water partition coefficient (Wildman–Crippen LogP) is 2.78. The van der Waals surface area contributed by atoms with E-state index in [9.17, 15) is 14.7 Å². The summed E-state index contributed by atoms with van der Waals surface area (Å²) >= 11 is 0. The van der Waals surface area contributed by atoms with E-state index >= 15 is 0 Å². The molecule has 0 bridgehead atoms. The van der Waals surface area contributed by atoms with Gasteiger partial charge in [0.25, 0.3) is 0 Å². The van der Waals surface area contributed by atoms with Gasteiger partial charge in [0.05, 0.1) is 8.80 Å². The van der Waals surface area contributed by atoms with Gasteiger partial charge in [0.2, 0.25) is 5.91 Å². The van der Waals surface area contributed by atoms with Gasteiger partial charge in [0.1, 0.15) is 5.54 Å². The summed E-state index contributed by atoms with van der Waals surface area (Å²) in [4.78, 5) is 23.4. The van der Waals surface area contributed by atoms with Gasteiger partial charge in [0, 0.05) is 13.3 Å². The highest BCUT2D eigenvalue weighted by molar-refractivity contribution is 6.73. The van der Waals surface area contributed by atoms with Crippen molar-refractivity contribution in [3.05, 3.63) is 54.1 Å². The highest BCUT2D eigenvalue weighted by Crippen LogP contribution is 2.25. The Morgan fingerprint density at radius 1 is 1.23 bits per heavy atom. The SMILES string of the molecule is C=CCc1cc(C[C@](C)(NC(C)=O)C(=O)O)c2ccccc2c1[SiH](C)C. The Bertz CT molecular complexity index is 860. The summed E-state index contributed by atoms with van der Waals surface area (Å²) in [5.41, 5.74) is 0.803. The van der Waals surface area contributed by atoms with Gasteiger partial charge >= 0.3 is 5.97 Å². The standard InChI is InChI=1S/C21H27NO3Si/c1-6-9-15-12-16(13-21(3,20(24)25)22-14(2)23)17-10-7-8-11-18(17)19(15)26(4)5/h6-8,10-12,26H,1,9,13H2,2-5H3,(H,22,23)(H,24,25)/t21-/m0/s1. The summed E-state index contributed by atoms with van der Waals surface area (Å²) in [6.07, 6.45) is 2.87. The van der Waals surface area contributed by atoms with Crippen molar-refractivity contribution >= 4 is 36.6 Å². The molecule has 0 saturated heterocycles. The predicted molar refractivity (Wildman–Crippen MR) is 110 cm³/mol. The topological polar surface area (TPSA) is 66.4 Å². The third-order valence-electron chi connectivity index (χ3n) is 4.67. The average molecular weight is 370 g/mol. The molecule has 0 saturated carbocycles. The van der Waals surface area contributed by atoms with Crippen LogP contribution in [0.4, 0.5) is 0 Å². The number of carboxylic acid groups (broad SMARTS) is 1. The van der Waals surface area contributed by atoms with Gasteiger partial charge < -0.3 is 10.4 Å². The third-order valence-corrected chi connectivity index (χ3v) is 6.50. The number of hydrogen-bond acceptors (Lipinski definition) is 2. The minimum absolute atomic E-state index is 0.229. The van der Waals surface area contributed by atoms with Crippen molar-refractivity contribution in [1.29, 1.82) is 0 Å². The lowest BCUT2D eigenvalue weighted by Crippen LogP contribution is -2.53. The minimum atomic E-state index is -1.35. The van der Waals surface area contributed by atoms with Gasteiger partial charge in [-0.2, -0.15) is 0 Å². The summed E-state index contributed by atoms with van der Waals surface area (Å²) < 4.78 is 0. The molecule has 26 heavy (non-hydrogen) atoms. The van der Waals surface area contributed by atoms with Gasteiger partial charge in [-0.15, -0.1) is 6.58 Å². The zero-order valence-corrected chi connectivity index (χ0v) is 17.1. The molecule has 4 nitrogen and oxygen atoms in total. The van der Waals surface area contributed by atoms with Crippen LogP contribution in [0.3, 0.4) is 0 Å². The maximum absolute atomic E-state index is 11.9. The van der Waals surface area contributed by atoms with Crippen molar-refractivity contribution in [2.24, 2.45) is 0 Å². The van der Waals surface area contributed by atoms with E-state index in [1.165, 1.54) is 23.1 Å². The van der Waals surface area contributed by atoms with Crippen molar-refractivity contribution in [3.63, 3.8) is 0 Å². The molecule has 0 aliphatic heterocycles. The molecule has 2 rings (SSSR count). The van der Waals surface area contributed by atoms with E-state index in [1.807, 2.05) is 24.3 Å². The summed E-state index contributed by atoms with van der Waals surface area (Å²) in [7, 11) is -1.10. The van der Waals surface area contributed by atoms with Crippen LogP contribution in [0.1, 0.15) is 25.0 Å². The molecule has 0 aromatic heterocycles. The second-order valence-corrected chi connectivity index (χ2v) is 10.2. The number of carbonyl (C=O) groups is 2. The van der Waals surface area contributed by atoms with E-state index < -0.39 is 20.3 Å². The first-order valence-electron chi connectivity index (χ1n) is 8.86. The van der Waals surface area contributed by atoms with Crippen LogP contribution in [0.2, 0.25) is 13.1 Å². The van der Waals surface area contributed by atoms with Crippen LogP contribution in [-0.4, -0.2) is 31.3 Å². The first kappa shape index (κ1) is 19.9. The smallest absolute Gasteiger partial charge is 0.329 e. The molecule has 1 amide bonds. The number of carbonyl (C=O) groups excluding carboxylic acids is 1. The number of hydrogen-bond donors (Lipinski definition) is 2. The summed E-state index contributed by atoms with van der Waals surface area (Å²) in [6.45, 7) is 11.4. The quantitative estimate of drug-likeness (QED) is 0.583. The first-order valence-corrected chi connectivity index (χ1v) is 11.7. The van der Waals surface area contributed by atoms with Crippen molar-refractivity contribution in [2.45, 2.75) is 45.3 Å². The molecule has 0 unspecified atom stereocenters. The molecule has 0 spiro atoms. The first-order chi connectivity index (χ1) is 12.2.